The van der Waals surface area contributed by atoms with Crippen LogP contribution >= 0.6 is 15.9 Å². The summed E-state index contributed by atoms with van der Waals surface area (Å²) in [6.45, 7) is 2.01. The van der Waals surface area contributed by atoms with Crippen LogP contribution in [0.5, 0.6) is 0 Å². The van der Waals surface area contributed by atoms with E-state index in [0.717, 1.165) is 41.4 Å². The predicted molar refractivity (Wildman–Crippen MR) is 82.1 cm³/mol. The zero-order chi connectivity index (χ0) is 13.8. The lowest BCUT2D eigenvalue weighted by molar-refractivity contribution is -0.120. The van der Waals surface area contributed by atoms with Gasteiger partial charge in [0.2, 0.25) is 5.91 Å². The molecule has 1 aliphatic rings. The Bertz CT molecular complexity index is 441. The maximum Gasteiger partial charge on any atom is 0.229 e. The highest BCUT2D eigenvalue weighted by molar-refractivity contribution is 9.10. The number of nitrogens with one attached hydrogen (secondary N) is 1. The van der Waals surface area contributed by atoms with Crippen molar-refractivity contribution < 1.29 is 4.79 Å². The lowest BCUT2D eigenvalue weighted by atomic mass is 9.94. The van der Waals surface area contributed by atoms with E-state index in [9.17, 15) is 4.79 Å². The lowest BCUT2D eigenvalue weighted by Crippen LogP contribution is -2.37. The zero-order valence-electron chi connectivity index (χ0n) is 11.3. The number of anilines is 1. The first-order valence-corrected chi connectivity index (χ1v) is 7.69. The smallest absolute Gasteiger partial charge is 0.229 e. The maximum atomic E-state index is 12.3. The molecule has 1 aliphatic carbocycles. The molecule has 1 aromatic rings. The fraction of sp³-hybridized carbons (Fsp3) is 0.533. The number of benzene rings is 1. The lowest BCUT2D eigenvalue weighted by Gasteiger charge is -2.20. The van der Waals surface area contributed by atoms with Crippen LogP contribution in [0.15, 0.2) is 22.7 Å². The Kier molecular flexibility index (Phi) is 4.99. The Balaban J connectivity index is 2.06. The third kappa shape index (κ3) is 4.05. The van der Waals surface area contributed by atoms with E-state index in [0.29, 0.717) is 0 Å². The van der Waals surface area contributed by atoms with Crippen LogP contribution in [-0.4, -0.2) is 11.9 Å². The maximum absolute atomic E-state index is 12.3. The van der Waals surface area contributed by atoms with Crippen LogP contribution < -0.4 is 11.1 Å². The van der Waals surface area contributed by atoms with E-state index in [2.05, 4.69) is 21.2 Å². The van der Waals surface area contributed by atoms with Gasteiger partial charge in [0.25, 0.3) is 0 Å². The van der Waals surface area contributed by atoms with Gasteiger partial charge in [-0.15, -0.1) is 0 Å². The largest absolute Gasteiger partial charge is 0.327 e. The summed E-state index contributed by atoms with van der Waals surface area (Å²) in [5.41, 5.74) is 8.08. The highest BCUT2D eigenvalue weighted by Gasteiger charge is 2.27. The average molecular weight is 325 g/mol. The van der Waals surface area contributed by atoms with E-state index in [1.165, 1.54) is 6.42 Å². The molecule has 2 atom stereocenters. The number of carbonyl (C=O) groups is 1. The van der Waals surface area contributed by atoms with Gasteiger partial charge < -0.3 is 11.1 Å². The number of carbonyl (C=O) groups excluding carboxylic acids is 1. The molecule has 3 nitrogen and oxygen atoms in total. The van der Waals surface area contributed by atoms with Crippen molar-refractivity contribution in [2.24, 2.45) is 11.7 Å². The van der Waals surface area contributed by atoms with E-state index >= 15 is 0 Å². The minimum Gasteiger partial charge on any atom is -0.327 e. The Morgan fingerprint density at radius 2 is 2.00 bits per heavy atom. The van der Waals surface area contributed by atoms with Crippen molar-refractivity contribution >= 4 is 27.5 Å². The summed E-state index contributed by atoms with van der Waals surface area (Å²) >= 11 is 3.45. The summed E-state index contributed by atoms with van der Waals surface area (Å²) in [7, 11) is 0. The molecule has 19 heavy (non-hydrogen) atoms. The number of hydrogen-bond donors (Lipinski definition) is 2. The van der Waals surface area contributed by atoms with Crippen LogP contribution in [-0.2, 0) is 4.79 Å². The van der Waals surface area contributed by atoms with Gasteiger partial charge in [-0.2, -0.15) is 0 Å². The number of rotatable bonds is 2. The molecule has 2 rings (SSSR count). The number of hydrogen-bond acceptors (Lipinski definition) is 2. The third-order valence-corrected chi connectivity index (χ3v) is 4.17. The third-order valence-electron chi connectivity index (χ3n) is 3.72. The van der Waals surface area contributed by atoms with Gasteiger partial charge in [0.1, 0.15) is 0 Å². The Morgan fingerprint density at radius 3 is 2.74 bits per heavy atom. The van der Waals surface area contributed by atoms with Crippen LogP contribution in [0.2, 0.25) is 0 Å². The Morgan fingerprint density at radius 1 is 1.26 bits per heavy atom. The predicted octanol–water partition coefficient (Wildman–Crippen LogP) is 3.60. The fourth-order valence-electron chi connectivity index (χ4n) is 2.71. The van der Waals surface area contributed by atoms with Gasteiger partial charge in [-0.25, -0.2) is 0 Å². The molecule has 1 saturated carbocycles. The molecule has 1 fully saturated rings. The molecule has 0 heterocycles. The standard InChI is InChI=1S/C15H21BrN2O/c1-10-7-11(16)9-12(8-10)18-15(19)13-5-3-2-4-6-14(13)17/h7-9,13-14H,2-6,17H2,1H3,(H,18,19). The van der Waals surface area contributed by atoms with Crippen LogP contribution in [0.3, 0.4) is 0 Å². The van der Waals surface area contributed by atoms with Gasteiger partial charge in [-0.1, -0.05) is 35.2 Å². The summed E-state index contributed by atoms with van der Waals surface area (Å²) in [6, 6.07) is 5.92. The second-order valence-corrected chi connectivity index (χ2v) is 6.33. The second-order valence-electron chi connectivity index (χ2n) is 5.41. The molecule has 104 valence electrons. The molecule has 0 bridgehead atoms. The summed E-state index contributed by atoms with van der Waals surface area (Å²) in [4.78, 5) is 12.3. The molecule has 0 spiro atoms. The molecule has 3 N–H and O–H groups in total. The molecule has 0 aromatic heterocycles. The normalized spacial score (nSPS) is 23.7. The molecule has 0 saturated heterocycles. The van der Waals surface area contributed by atoms with Gasteiger partial charge in [0.15, 0.2) is 0 Å². The quantitative estimate of drug-likeness (QED) is 0.816. The molecule has 2 unspecified atom stereocenters. The Labute approximate surface area is 123 Å². The van der Waals surface area contributed by atoms with E-state index < -0.39 is 0 Å². The highest BCUT2D eigenvalue weighted by Crippen LogP contribution is 2.25. The van der Waals surface area contributed by atoms with Crippen LogP contribution in [0.1, 0.15) is 37.7 Å². The number of halogens is 1. The molecular formula is C15H21BrN2O. The highest BCUT2D eigenvalue weighted by atomic mass is 79.9. The minimum absolute atomic E-state index is 0.00394. The molecule has 1 amide bonds. The van der Waals surface area contributed by atoms with E-state index in [1.54, 1.807) is 0 Å². The molecule has 0 aliphatic heterocycles. The summed E-state index contributed by atoms with van der Waals surface area (Å²) in [5.74, 6) is 0.00804. The van der Waals surface area contributed by atoms with E-state index in [1.807, 2.05) is 25.1 Å². The molecule has 1 aromatic carbocycles. The number of aryl methyl sites for hydroxylation is 1. The van der Waals surface area contributed by atoms with Gasteiger partial charge in [-0.05, 0) is 43.5 Å². The monoisotopic (exact) mass is 324 g/mol. The van der Waals surface area contributed by atoms with E-state index in [4.69, 9.17) is 5.73 Å². The fourth-order valence-corrected chi connectivity index (χ4v) is 3.31. The zero-order valence-corrected chi connectivity index (χ0v) is 12.9. The van der Waals surface area contributed by atoms with Crippen molar-refractivity contribution in [3.8, 4) is 0 Å². The van der Waals surface area contributed by atoms with Gasteiger partial charge in [0.05, 0.1) is 5.92 Å². The SMILES string of the molecule is Cc1cc(Br)cc(NC(=O)C2CCCCCC2N)c1. The van der Waals surface area contributed by atoms with Crippen molar-refractivity contribution in [2.75, 3.05) is 5.32 Å². The topological polar surface area (TPSA) is 55.1 Å². The van der Waals surface area contributed by atoms with E-state index in [-0.39, 0.29) is 17.9 Å². The van der Waals surface area contributed by atoms with Crippen molar-refractivity contribution in [1.82, 2.24) is 0 Å². The molecule has 4 heteroatoms. The minimum atomic E-state index is -0.0539. The van der Waals surface area contributed by atoms with Crippen LogP contribution in [0, 0.1) is 12.8 Å². The van der Waals surface area contributed by atoms with Crippen molar-refractivity contribution in [3.05, 3.63) is 28.2 Å². The number of amides is 1. The van der Waals surface area contributed by atoms with Crippen LogP contribution in [0.4, 0.5) is 5.69 Å². The average Bonchev–Trinajstić information content (AvgIpc) is 2.52. The summed E-state index contributed by atoms with van der Waals surface area (Å²) in [5, 5.41) is 3.00. The molecular weight excluding hydrogens is 304 g/mol. The van der Waals surface area contributed by atoms with Crippen molar-refractivity contribution in [2.45, 2.75) is 45.1 Å². The summed E-state index contributed by atoms with van der Waals surface area (Å²) < 4.78 is 0.980. The molecule has 0 radical (unpaired) electrons. The van der Waals surface area contributed by atoms with Gasteiger partial charge in [0, 0.05) is 16.2 Å². The first kappa shape index (κ1) is 14.5. The van der Waals surface area contributed by atoms with Crippen molar-refractivity contribution in [1.29, 1.82) is 0 Å². The van der Waals surface area contributed by atoms with Gasteiger partial charge in [-0.3, -0.25) is 4.79 Å². The second kappa shape index (κ2) is 6.53. The van der Waals surface area contributed by atoms with Crippen LogP contribution in [0.25, 0.3) is 0 Å². The number of nitrogens with two attached hydrogens (primary N) is 1. The van der Waals surface area contributed by atoms with Crippen molar-refractivity contribution in [3.63, 3.8) is 0 Å². The first-order valence-electron chi connectivity index (χ1n) is 6.90. The summed E-state index contributed by atoms with van der Waals surface area (Å²) in [6.07, 6.45) is 5.29. The Hall–Kier alpha value is -0.870. The van der Waals surface area contributed by atoms with Gasteiger partial charge >= 0.3 is 0 Å². The first-order chi connectivity index (χ1) is 9.06.